The van der Waals surface area contributed by atoms with Crippen LogP contribution in [0.4, 0.5) is 0 Å². The van der Waals surface area contributed by atoms with Crippen LogP contribution in [-0.4, -0.2) is 33.6 Å². The highest BCUT2D eigenvalue weighted by atomic mass is 16.3. The first-order valence-corrected chi connectivity index (χ1v) is 7.33. The van der Waals surface area contributed by atoms with E-state index in [1.807, 2.05) is 13.8 Å². The molecule has 2 unspecified atom stereocenters. The van der Waals surface area contributed by atoms with Crippen LogP contribution in [0.2, 0.25) is 0 Å². The van der Waals surface area contributed by atoms with Gasteiger partial charge in [-0.1, -0.05) is 19.3 Å². The van der Waals surface area contributed by atoms with Gasteiger partial charge in [0.2, 0.25) is 0 Å². The molecule has 2 N–H and O–H groups in total. The molecule has 1 saturated carbocycles. The maximum absolute atomic E-state index is 12.3. The van der Waals surface area contributed by atoms with Gasteiger partial charge >= 0.3 is 0 Å². The van der Waals surface area contributed by atoms with Crippen LogP contribution in [0.1, 0.15) is 54.0 Å². The number of nitrogens with zero attached hydrogens (tertiary/aromatic N) is 2. The van der Waals surface area contributed by atoms with Gasteiger partial charge in [-0.25, -0.2) is 9.97 Å². The van der Waals surface area contributed by atoms with E-state index in [9.17, 15) is 9.90 Å². The van der Waals surface area contributed by atoms with Crippen molar-refractivity contribution in [3.8, 4) is 0 Å². The molecule has 2 rings (SSSR count). The van der Waals surface area contributed by atoms with Gasteiger partial charge < -0.3 is 10.4 Å². The van der Waals surface area contributed by atoms with Gasteiger partial charge in [-0.05, 0) is 26.7 Å². The Bertz CT molecular complexity index is 476. The van der Waals surface area contributed by atoms with Gasteiger partial charge in [0.15, 0.2) is 0 Å². The first-order valence-electron chi connectivity index (χ1n) is 7.33. The average molecular weight is 277 g/mol. The van der Waals surface area contributed by atoms with Gasteiger partial charge in [-0.15, -0.1) is 0 Å². The Kier molecular flexibility index (Phi) is 5.06. The van der Waals surface area contributed by atoms with E-state index < -0.39 is 0 Å². The fraction of sp³-hybridized carbons (Fsp3) is 0.667. The lowest BCUT2D eigenvalue weighted by Gasteiger charge is -2.24. The zero-order valence-corrected chi connectivity index (χ0v) is 12.2. The third-order valence-corrected chi connectivity index (χ3v) is 4.05. The summed E-state index contributed by atoms with van der Waals surface area (Å²) in [6.07, 6.45) is 6.90. The summed E-state index contributed by atoms with van der Waals surface area (Å²) in [6, 6.07) is 0.0516. The number of aliphatic hydroxyl groups excluding tert-OH is 1. The summed E-state index contributed by atoms with van der Waals surface area (Å²) in [6.45, 7) is 3.76. The molecule has 0 bridgehead atoms. The minimum atomic E-state index is -0.132. The van der Waals surface area contributed by atoms with Crippen LogP contribution in [0.3, 0.4) is 0 Å². The zero-order chi connectivity index (χ0) is 14.5. The number of carbonyl (C=O) groups excluding carboxylic acids is 1. The summed E-state index contributed by atoms with van der Waals surface area (Å²) >= 11 is 0. The van der Waals surface area contributed by atoms with E-state index >= 15 is 0 Å². The third kappa shape index (κ3) is 3.54. The number of aromatic nitrogens is 2. The molecule has 110 valence electrons. The summed E-state index contributed by atoms with van der Waals surface area (Å²) in [5, 5.41) is 12.5. The minimum absolute atomic E-state index is 0.0516. The predicted octanol–water partition coefficient (Wildman–Crippen LogP) is 1.76. The number of carbonyl (C=O) groups is 1. The molecule has 20 heavy (non-hydrogen) atoms. The van der Waals surface area contributed by atoms with E-state index in [4.69, 9.17) is 0 Å². The Hall–Kier alpha value is -1.49. The SMILES string of the molecule is Cc1ncc(C(=O)NC2CCCCCC2CO)c(C)n1. The normalized spacial score (nSPS) is 23.1. The van der Waals surface area contributed by atoms with Crippen LogP contribution in [0.5, 0.6) is 0 Å². The fourth-order valence-electron chi connectivity index (χ4n) is 2.85. The van der Waals surface area contributed by atoms with Crippen LogP contribution < -0.4 is 5.32 Å². The van der Waals surface area contributed by atoms with Gasteiger partial charge in [0.1, 0.15) is 5.82 Å². The van der Waals surface area contributed by atoms with Crippen LogP contribution >= 0.6 is 0 Å². The Balaban J connectivity index is 2.09. The Morgan fingerprint density at radius 2 is 2.10 bits per heavy atom. The standard InChI is InChI=1S/C15H23N3O2/c1-10-13(8-16-11(2)17-10)15(20)18-14-7-5-3-4-6-12(14)9-19/h8,12,14,19H,3-7,9H2,1-2H3,(H,18,20). The maximum Gasteiger partial charge on any atom is 0.254 e. The van der Waals surface area contributed by atoms with Crippen molar-refractivity contribution in [2.45, 2.75) is 52.0 Å². The molecule has 1 aliphatic carbocycles. The van der Waals surface area contributed by atoms with Crippen LogP contribution in [0, 0.1) is 19.8 Å². The lowest BCUT2D eigenvalue weighted by Crippen LogP contribution is -2.41. The molecule has 0 aliphatic heterocycles. The molecule has 0 radical (unpaired) electrons. The van der Waals surface area contributed by atoms with Gasteiger partial charge in [-0.2, -0.15) is 0 Å². The smallest absolute Gasteiger partial charge is 0.254 e. The first-order chi connectivity index (χ1) is 9.61. The molecular weight excluding hydrogens is 254 g/mol. The molecule has 0 aromatic carbocycles. The fourth-order valence-corrected chi connectivity index (χ4v) is 2.85. The summed E-state index contributed by atoms with van der Waals surface area (Å²) in [4.78, 5) is 20.7. The van der Waals surface area contributed by atoms with Gasteiger partial charge in [0, 0.05) is 24.8 Å². The molecular formula is C15H23N3O2. The molecule has 5 nitrogen and oxygen atoms in total. The van der Waals surface area contributed by atoms with Gasteiger partial charge in [-0.3, -0.25) is 4.79 Å². The maximum atomic E-state index is 12.3. The minimum Gasteiger partial charge on any atom is -0.396 e. The highest BCUT2D eigenvalue weighted by Crippen LogP contribution is 2.23. The van der Waals surface area contributed by atoms with Crippen LogP contribution in [0.25, 0.3) is 0 Å². The van der Waals surface area contributed by atoms with Crippen molar-refractivity contribution in [3.63, 3.8) is 0 Å². The van der Waals surface area contributed by atoms with Crippen molar-refractivity contribution in [2.24, 2.45) is 5.92 Å². The number of aryl methyl sites for hydroxylation is 2. The summed E-state index contributed by atoms with van der Waals surface area (Å²) in [7, 11) is 0. The summed E-state index contributed by atoms with van der Waals surface area (Å²) in [5.41, 5.74) is 1.22. The molecule has 5 heteroatoms. The molecule has 1 aliphatic rings. The highest BCUT2D eigenvalue weighted by Gasteiger charge is 2.25. The molecule has 0 saturated heterocycles. The topological polar surface area (TPSA) is 75.1 Å². The van der Waals surface area contributed by atoms with E-state index in [-0.39, 0.29) is 24.5 Å². The number of nitrogens with one attached hydrogen (secondary N) is 1. The van der Waals surface area contributed by atoms with Gasteiger partial charge in [0.05, 0.1) is 11.3 Å². The first kappa shape index (κ1) is 14.9. The van der Waals surface area contributed by atoms with Crippen molar-refractivity contribution in [1.29, 1.82) is 0 Å². The molecule has 1 heterocycles. The third-order valence-electron chi connectivity index (χ3n) is 4.05. The number of hydrogen-bond donors (Lipinski definition) is 2. The Morgan fingerprint density at radius 1 is 1.35 bits per heavy atom. The molecule has 1 aromatic rings. The van der Waals surface area contributed by atoms with Crippen molar-refractivity contribution < 1.29 is 9.90 Å². The lowest BCUT2D eigenvalue weighted by atomic mass is 9.95. The second kappa shape index (κ2) is 6.79. The van der Waals surface area contributed by atoms with E-state index in [1.165, 1.54) is 6.42 Å². The molecule has 2 atom stereocenters. The van der Waals surface area contributed by atoms with Crippen LogP contribution in [-0.2, 0) is 0 Å². The van der Waals surface area contributed by atoms with E-state index in [0.29, 0.717) is 17.1 Å². The van der Waals surface area contributed by atoms with Crippen LogP contribution in [0.15, 0.2) is 6.20 Å². The zero-order valence-electron chi connectivity index (χ0n) is 12.2. The van der Waals surface area contributed by atoms with Crippen molar-refractivity contribution in [2.75, 3.05) is 6.61 Å². The van der Waals surface area contributed by atoms with Crippen molar-refractivity contribution >= 4 is 5.91 Å². The number of aliphatic hydroxyl groups is 1. The highest BCUT2D eigenvalue weighted by molar-refractivity contribution is 5.95. The van der Waals surface area contributed by atoms with E-state index in [2.05, 4.69) is 15.3 Å². The monoisotopic (exact) mass is 277 g/mol. The largest absolute Gasteiger partial charge is 0.396 e. The number of rotatable bonds is 3. The molecule has 0 spiro atoms. The summed E-state index contributed by atoms with van der Waals surface area (Å²) < 4.78 is 0. The number of amides is 1. The summed E-state index contributed by atoms with van der Waals surface area (Å²) in [5.74, 6) is 0.697. The second-order valence-electron chi connectivity index (χ2n) is 5.58. The predicted molar refractivity (Wildman–Crippen MR) is 76.4 cm³/mol. The van der Waals surface area contributed by atoms with Crippen molar-refractivity contribution in [1.82, 2.24) is 15.3 Å². The van der Waals surface area contributed by atoms with E-state index in [0.717, 1.165) is 25.7 Å². The van der Waals surface area contributed by atoms with Crippen molar-refractivity contribution in [3.05, 3.63) is 23.3 Å². The lowest BCUT2D eigenvalue weighted by molar-refractivity contribution is 0.0898. The quantitative estimate of drug-likeness (QED) is 0.826. The average Bonchev–Trinajstić information content (AvgIpc) is 2.63. The Morgan fingerprint density at radius 3 is 2.80 bits per heavy atom. The molecule has 1 aromatic heterocycles. The Labute approximate surface area is 119 Å². The van der Waals surface area contributed by atoms with Gasteiger partial charge in [0.25, 0.3) is 5.91 Å². The number of hydrogen-bond acceptors (Lipinski definition) is 4. The molecule has 1 fully saturated rings. The molecule has 1 amide bonds. The van der Waals surface area contributed by atoms with E-state index in [1.54, 1.807) is 6.20 Å². The second-order valence-corrected chi connectivity index (χ2v) is 5.58.